The molecule has 1 aliphatic rings. The van der Waals surface area contributed by atoms with E-state index in [-0.39, 0.29) is 11.7 Å². The van der Waals surface area contributed by atoms with Gasteiger partial charge < -0.3 is 9.80 Å². The summed E-state index contributed by atoms with van der Waals surface area (Å²) in [6, 6.07) is 13.9. The van der Waals surface area contributed by atoms with Crippen LogP contribution in [0.15, 0.2) is 53.0 Å². The molecule has 0 aliphatic carbocycles. The van der Waals surface area contributed by atoms with Crippen LogP contribution in [0.5, 0.6) is 0 Å². The average molecular weight is 363 g/mol. The molecular weight excluding hydrogens is 347 g/mol. The summed E-state index contributed by atoms with van der Waals surface area (Å²) in [5.74, 6) is -0.355. The Morgan fingerprint density at radius 2 is 1.50 bits per heavy atom. The molecule has 114 valence electrons. The first-order valence-electron chi connectivity index (χ1n) is 7.19. The highest BCUT2D eigenvalue weighted by Crippen LogP contribution is 2.20. The first-order valence-corrected chi connectivity index (χ1v) is 7.98. The molecule has 22 heavy (non-hydrogen) atoms. The van der Waals surface area contributed by atoms with Gasteiger partial charge in [0.05, 0.1) is 0 Å². The van der Waals surface area contributed by atoms with Crippen molar-refractivity contribution in [3.8, 4) is 0 Å². The summed E-state index contributed by atoms with van der Waals surface area (Å²) in [6.45, 7) is 2.95. The van der Waals surface area contributed by atoms with Crippen LogP contribution in [0.1, 0.15) is 10.4 Å². The van der Waals surface area contributed by atoms with E-state index in [1.54, 1.807) is 12.1 Å². The molecule has 1 amide bonds. The van der Waals surface area contributed by atoms with Gasteiger partial charge in [-0.05, 0) is 48.5 Å². The fourth-order valence-electron chi connectivity index (χ4n) is 2.59. The minimum Gasteiger partial charge on any atom is -0.368 e. The van der Waals surface area contributed by atoms with E-state index < -0.39 is 0 Å². The number of hydrogen-bond donors (Lipinski definition) is 0. The van der Waals surface area contributed by atoms with E-state index in [0.717, 1.165) is 23.2 Å². The highest BCUT2D eigenvalue weighted by Gasteiger charge is 2.22. The van der Waals surface area contributed by atoms with Crippen LogP contribution in [0.25, 0.3) is 0 Å². The second-order valence-corrected chi connectivity index (χ2v) is 6.18. The Morgan fingerprint density at radius 3 is 2.09 bits per heavy atom. The van der Waals surface area contributed by atoms with Crippen molar-refractivity contribution in [1.29, 1.82) is 0 Å². The molecule has 1 saturated heterocycles. The number of amides is 1. The Kier molecular flexibility index (Phi) is 4.43. The molecule has 3 rings (SSSR count). The third-order valence-electron chi connectivity index (χ3n) is 3.85. The molecular formula is C17H16BrFN2O. The lowest BCUT2D eigenvalue weighted by Gasteiger charge is -2.36. The molecule has 1 aliphatic heterocycles. The van der Waals surface area contributed by atoms with Crippen LogP contribution in [0.3, 0.4) is 0 Å². The number of halogens is 2. The minimum absolute atomic E-state index is 0.0320. The van der Waals surface area contributed by atoms with Crippen molar-refractivity contribution in [3.05, 3.63) is 64.4 Å². The van der Waals surface area contributed by atoms with Crippen molar-refractivity contribution in [2.24, 2.45) is 0 Å². The lowest BCUT2D eigenvalue weighted by Crippen LogP contribution is -2.48. The number of nitrogens with zero attached hydrogens (tertiary/aromatic N) is 2. The Hall–Kier alpha value is -1.88. The monoisotopic (exact) mass is 362 g/mol. The Balaban J connectivity index is 1.62. The van der Waals surface area contributed by atoms with Crippen molar-refractivity contribution in [3.63, 3.8) is 0 Å². The van der Waals surface area contributed by atoms with Crippen LogP contribution in [0, 0.1) is 5.82 Å². The van der Waals surface area contributed by atoms with Gasteiger partial charge in [-0.2, -0.15) is 0 Å². The van der Waals surface area contributed by atoms with Crippen LogP contribution in [0.4, 0.5) is 10.1 Å². The fraction of sp³-hybridized carbons (Fsp3) is 0.235. The van der Waals surface area contributed by atoms with Crippen LogP contribution in [0.2, 0.25) is 0 Å². The minimum atomic E-state index is -0.323. The lowest BCUT2D eigenvalue weighted by atomic mass is 10.1. The quantitative estimate of drug-likeness (QED) is 0.815. The number of piperazine rings is 1. The predicted molar refractivity (Wildman–Crippen MR) is 88.7 cm³/mol. The summed E-state index contributed by atoms with van der Waals surface area (Å²) in [6.07, 6.45) is 0. The zero-order valence-electron chi connectivity index (χ0n) is 12.0. The molecule has 0 radical (unpaired) electrons. The van der Waals surface area contributed by atoms with Crippen molar-refractivity contribution < 1.29 is 9.18 Å². The second kappa shape index (κ2) is 6.48. The molecule has 1 fully saturated rings. The highest BCUT2D eigenvalue weighted by molar-refractivity contribution is 9.10. The van der Waals surface area contributed by atoms with E-state index in [9.17, 15) is 9.18 Å². The number of anilines is 1. The third-order valence-corrected chi connectivity index (χ3v) is 4.38. The third kappa shape index (κ3) is 3.30. The maximum absolute atomic E-state index is 12.9. The number of carbonyl (C=O) groups excluding carboxylic acids is 1. The van der Waals surface area contributed by atoms with Gasteiger partial charge in [-0.15, -0.1) is 0 Å². The zero-order valence-corrected chi connectivity index (χ0v) is 13.6. The van der Waals surface area contributed by atoms with Crippen LogP contribution >= 0.6 is 15.9 Å². The van der Waals surface area contributed by atoms with Gasteiger partial charge in [0.2, 0.25) is 0 Å². The summed E-state index contributed by atoms with van der Waals surface area (Å²) >= 11 is 3.43. The van der Waals surface area contributed by atoms with Crippen molar-refractivity contribution in [2.75, 3.05) is 31.1 Å². The molecule has 2 aromatic rings. The van der Waals surface area contributed by atoms with Gasteiger partial charge in [0.1, 0.15) is 5.82 Å². The number of benzene rings is 2. The number of rotatable bonds is 2. The van der Waals surface area contributed by atoms with E-state index in [0.29, 0.717) is 18.7 Å². The predicted octanol–water partition coefficient (Wildman–Crippen LogP) is 3.55. The first-order chi connectivity index (χ1) is 10.6. The average Bonchev–Trinajstić information content (AvgIpc) is 2.56. The van der Waals surface area contributed by atoms with Gasteiger partial charge in [-0.25, -0.2) is 4.39 Å². The zero-order chi connectivity index (χ0) is 15.5. The van der Waals surface area contributed by atoms with Gasteiger partial charge in [0.25, 0.3) is 5.91 Å². The van der Waals surface area contributed by atoms with E-state index in [4.69, 9.17) is 0 Å². The molecule has 0 aromatic heterocycles. The molecule has 3 nitrogen and oxygen atoms in total. The van der Waals surface area contributed by atoms with Gasteiger partial charge >= 0.3 is 0 Å². The normalized spacial score (nSPS) is 15.0. The topological polar surface area (TPSA) is 23.6 Å². The summed E-state index contributed by atoms with van der Waals surface area (Å²) in [5.41, 5.74) is 1.70. The maximum atomic E-state index is 12.9. The van der Waals surface area contributed by atoms with Crippen LogP contribution in [-0.4, -0.2) is 37.0 Å². The molecule has 0 spiro atoms. The van der Waals surface area contributed by atoms with Crippen molar-refractivity contribution >= 4 is 27.5 Å². The van der Waals surface area contributed by atoms with Gasteiger partial charge in [0, 0.05) is 41.9 Å². The van der Waals surface area contributed by atoms with Gasteiger partial charge in [-0.3, -0.25) is 4.79 Å². The smallest absolute Gasteiger partial charge is 0.253 e. The Morgan fingerprint density at radius 1 is 0.909 bits per heavy atom. The van der Waals surface area contributed by atoms with Crippen molar-refractivity contribution in [1.82, 2.24) is 4.90 Å². The molecule has 0 N–H and O–H groups in total. The molecule has 2 aromatic carbocycles. The summed E-state index contributed by atoms with van der Waals surface area (Å²) < 4.78 is 14.0. The highest BCUT2D eigenvalue weighted by atomic mass is 79.9. The Bertz CT molecular complexity index is 649. The maximum Gasteiger partial charge on any atom is 0.253 e. The SMILES string of the molecule is O=C(c1ccc(F)cc1)N1CCN(c2ccc(Br)cc2)CC1. The first kappa shape index (κ1) is 15.0. The van der Waals surface area contributed by atoms with E-state index >= 15 is 0 Å². The van der Waals surface area contributed by atoms with E-state index in [1.807, 2.05) is 17.0 Å². The summed E-state index contributed by atoms with van der Waals surface area (Å²) in [7, 11) is 0. The second-order valence-electron chi connectivity index (χ2n) is 5.26. The summed E-state index contributed by atoms with van der Waals surface area (Å²) in [5, 5.41) is 0. The standard InChI is InChI=1S/C17H16BrFN2O/c18-14-3-7-16(8-4-14)20-9-11-21(12-10-20)17(22)13-1-5-15(19)6-2-13/h1-8H,9-12H2. The molecule has 0 unspecified atom stereocenters. The Labute approximate surface area is 137 Å². The summed E-state index contributed by atoms with van der Waals surface area (Å²) in [4.78, 5) is 16.5. The molecule has 0 bridgehead atoms. The number of carbonyl (C=O) groups is 1. The van der Waals surface area contributed by atoms with Crippen LogP contribution < -0.4 is 4.90 Å². The molecule has 1 heterocycles. The van der Waals surface area contributed by atoms with Gasteiger partial charge in [0.15, 0.2) is 0 Å². The van der Waals surface area contributed by atoms with Crippen molar-refractivity contribution in [2.45, 2.75) is 0 Å². The fourth-order valence-corrected chi connectivity index (χ4v) is 2.86. The van der Waals surface area contributed by atoms with E-state index in [1.165, 1.54) is 12.1 Å². The molecule has 0 saturated carbocycles. The largest absolute Gasteiger partial charge is 0.368 e. The van der Waals surface area contributed by atoms with Crippen LogP contribution in [-0.2, 0) is 0 Å². The van der Waals surface area contributed by atoms with E-state index in [2.05, 4.69) is 33.0 Å². The number of hydrogen-bond acceptors (Lipinski definition) is 2. The lowest BCUT2D eigenvalue weighted by molar-refractivity contribution is 0.0746. The molecule has 5 heteroatoms. The molecule has 0 atom stereocenters. The van der Waals surface area contributed by atoms with Gasteiger partial charge in [-0.1, -0.05) is 15.9 Å².